The van der Waals surface area contributed by atoms with Crippen LogP contribution in [-0.4, -0.2) is 36.0 Å². The minimum Gasteiger partial charge on any atom is -0.497 e. The second kappa shape index (κ2) is 6.00. The predicted octanol–water partition coefficient (Wildman–Crippen LogP) is 3.45. The number of nitrogens with zero attached hydrogens (tertiary/aromatic N) is 3. The van der Waals surface area contributed by atoms with Gasteiger partial charge in [0.2, 0.25) is 0 Å². The van der Waals surface area contributed by atoms with E-state index in [0.717, 1.165) is 47.5 Å². The van der Waals surface area contributed by atoms with Gasteiger partial charge in [-0.3, -0.25) is 4.79 Å². The van der Waals surface area contributed by atoms with Crippen molar-refractivity contribution >= 4 is 23.0 Å². The van der Waals surface area contributed by atoms with Gasteiger partial charge < -0.3 is 14.2 Å². The SMILES string of the molecule is COc1ccc(-n2ccc3c(N4CCCC4)c(C=O)cnc32)cc1. The average molecular weight is 321 g/mol. The Morgan fingerprint density at radius 2 is 1.88 bits per heavy atom. The minimum absolute atomic E-state index is 0.664. The molecule has 2 aromatic heterocycles. The summed E-state index contributed by atoms with van der Waals surface area (Å²) in [5.41, 5.74) is 3.56. The van der Waals surface area contributed by atoms with Crippen LogP contribution in [0.15, 0.2) is 42.7 Å². The van der Waals surface area contributed by atoms with E-state index in [1.165, 1.54) is 12.8 Å². The Morgan fingerprint density at radius 1 is 1.12 bits per heavy atom. The maximum atomic E-state index is 11.5. The molecule has 0 unspecified atom stereocenters. The Labute approximate surface area is 140 Å². The summed E-state index contributed by atoms with van der Waals surface area (Å²) in [5, 5.41) is 1.03. The van der Waals surface area contributed by atoms with Gasteiger partial charge in [0.05, 0.1) is 18.4 Å². The van der Waals surface area contributed by atoms with E-state index in [9.17, 15) is 4.79 Å². The number of pyridine rings is 1. The topological polar surface area (TPSA) is 47.4 Å². The van der Waals surface area contributed by atoms with E-state index in [1.54, 1.807) is 13.3 Å². The van der Waals surface area contributed by atoms with Gasteiger partial charge in [0.25, 0.3) is 0 Å². The molecule has 0 bridgehead atoms. The Morgan fingerprint density at radius 3 is 2.54 bits per heavy atom. The minimum atomic E-state index is 0.664. The molecule has 4 rings (SSSR count). The highest BCUT2D eigenvalue weighted by atomic mass is 16.5. The molecule has 3 aromatic rings. The molecular formula is C19H19N3O2. The third kappa shape index (κ3) is 2.33. The van der Waals surface area contributed by atoms with Crippen LogP contribution in [0.2, 0.25) is 0 Å². The van der Waals surface area contributed by atoms with Crippen molar-refractivity contribution in [1.29, 1.82) is 0 Å². The maximum absolute atomic E-state index is 11.5. The molecule has 0 amide bonds. The lowest BCUT2D eigenvalue weighted by atomic mass is 10.1. The number of fused-ring (bicyclic) bond motifs is 1. The zero-order valence-electron chi connectivity index (χ0n) is 13.6. The highest BCUT2D eigenvalue weighted by Gasteiger charge is 2.20. The lowest BCUT2D eigenvalue weighted by Gasteiger charge is -2.20. The van der Waals surface area contributed by atoms with Crippen molar-refractivity contribution in [2.24, 2.45) is 0 Å². The Kier molecular flexibility index (Phi) is 3.69. The zero-order valence-corrected chi connectivity index (χ0v) is 13.6. The first kappa shape index (κ1) is 14.8. The molecule has 5 heteroatoms. The van der Waals surface area contributed by atoms with Gasteiger partial charge >= 0.3 is 0 Å². The van der Waals surface area contributed by atoms with Gasteiger partial charge in [-0.25, -0.2) is 4.98 Å². The third-order valence-electron chi connectivity index (χ3n) is 4.61. The van der Waals surface area contributed by atoms with Crippen LogP contribution in [0, 0.1) is 0 Å². The van der Waals surface area contributed by atoms with Gasteiger partial charge in [-0.05, 0) is 43.2 Å². The van der Waals surface area contributed by atoms with Crippen molar-refractivity contribution in [2.75, 3.05) is 25.1 Å². The van der Waals surface area contributed by atoms with E-state index >= 15 is 0 Å². The Hall–Kier alpha value is -2.82. The van der Waals surface area contributed by atoms with Crippen molar-refractivity contribution in [1.82, 2.24) is 9.55 Å². The molecule has 0 spiro atoms. The van der Waals surface area contributed by atoms with Gasteiger partial charge in [-0.2, -0.15) is 0 Å². The summed E-state index contributed by atoms with van der Waals surface area (Å²) < 4.78 is 7.27. The molecular weight excluding hydrogens is 302 g/mol. The lowest BCUT2D eigenvalue weighted by Crippen LogP contribution is -2.19. The van der Waals surface area contributed by atoms with Crippen LogP contribution in [0.3, 0.4) is 0 Å². The summed E-state index contributed by atoms with van der Waals surface area (Å²) >= 11 is 0. The second-order valence-electron chi connectivity index (χ2n) is 6.00. The maximum Gasteiger partial charge on any atom is 0.153 e. The number of aromatic nitrogens is 2. The number of hydrogen-bond acceptors (Lipinski definition) is 4. The molecule has 0 radical (unpaired) electrons. The summed E-state index contributed by atoms with van der Waals surface area (Å²) in [6.07, 6.45) is 6.93. The molecule has 3 heterocycles. The van der Waals surface area contributed by atoms with E-state index in [1.807, 2.05) is 41.1 Å². The van der Waals surface area contributed by atoms with E-state index in [4.69, 9.17) is 4.74 Å². The molecule has 1 aliphatic rings. The van der Waals surface area contributed by atoms with Crippen molar-refractivity contribution in [3.8, 4) is 11.4 Å². The zero-order chi connectivity index (χ0) is 16.5. The largest absolute Gasteiger partial charge is 0.497 e. The monoisotopic (exact) mass is 321 g/mol. The van der Waals surface area contributed by atoms with E-state index < -0.39 is 0 Å². The van der Waals surface area contributed by atoms with Gasteiger partial charge in [-0.1, -0.05) is 0 Å². The normalized spacial score (nSPS) is 14.3. The standard InChI is InChI=1S/C19H19N3O2/c1-24-16-6-4-15(5-7-16)22-11-8-17-18(21-9-2-3-10-21)14(13-23)12-20-19(17)22/h4-8,11-13H,2-3,9-10H2,1H3. The van der Waals surface area contributed by atoms with Gasteiger partial charge in [-0.15, -0.1) is 0 Å². The first-order valence-corrected chi connectivity index (χ1v) is 8.16. The van der Waals surface area contributed by atoms with Crippen LogP contribution in [0.25, 0.3) is 16.7 Å². The van der Waals surface area contributed by atoms with Crippen LogP contribution in [0.1, 0.15) is 23.2 Å². The number of aldehydes is 1. The third-order valence-corrected chi connectivity index (χ3v) is 4.61. The van der Waals surface area contributed by atoms with Gasteiger partial charge in [0.1, 0.15) is 11.4 Å². The van der Waals surface area contributed by atoms with Crippen molar-refractivity contribution in [2.45, 2.75) is 12.8 Å². The number of carbonyl (C=O) groups excluding carboxylic acids is 1. The molecule has 0 aliphatic carbocycles. The van der Waals surface area contributed by atoms with Crippen LogP contribution < -0.4 is 9.64 Å². The summed E-state index contributed by atoms with van der Waals surface area (Å²) in [4.78, 5) is 18.3. The molecule has 5 nitrogen and oxygen atoms in total. The number of hydrogen-bond donors (Lipinski definition) is 0. The van der Waals surface area contributed by atoms with Crippen LogP contribution in [0.5, 0.6) is 5.75 Å². The number of ether oxygens (including phenoxy) is 1. The molecule has 0 saturated carbocycles. The van der Waals surface area contributed by atoms with Gasteiger partial charge in [0.15, 0.2) is 6.29 Å². The Balaban J connectivity index is 1.87. The van der Waals surface area contributed by atoms with Crippen molar-refractivity contribution in [3.63, 3.8) is 0 Å². The average Bonchev–Trinajstić information content (AvgIpc) is 3.30. The molecule has 0 N–H and O–H groups in total. The second-order valence-corrected chi connectivity index (χ2v) is 6.00. The number of anilines is 1. The van der Waals surface area contributed by atoms with E-state index in [-0.39, 0.29) is 0 Å². The first-order chi connectivity index (χ1) is 11.8. The molecule has 1 fully saturated rings. The highest BCUT2D eigenvalue weighted by molar-refractivity contribution is 6.00. The summed E-state index contributed by atoms with van der Waals surface area (Å²) in [6, 6.07) is 9.92. The molecule has 122 valence electrons. The molecule has 1 aliphatic heterocycles. The molecule has 0 atom stereocenters. The quantitative estimate of drug-likeness (QED) is 0.691. The van der Waals surface area contributed by atoms with Crippen LogP contribution >= 0.6 is 0 Å². The van der Waals surface area contributed by atoms with Crippen molar-refractivity contribution in [3.05, 3.63) is 48.3 Å². The fraction of sp³-hybridized carbons (Fsp3) is 0.263. The van der Waals surface area contributed by atoms with E-state index in [2.05, 4.69) is 9.88 Å². The first-order valence-electron chi connectivity index (χ1n) is 8.16. The lowest BCUT2D eigenvalue weighted by molar-refractivity contribution is 0.112. The van der Waals surface area contributed by atoms with Gasteiger partial charge in [0, 0.05) is 36.6 Å². The summed E-state index contributed by atoms with van der Waals surface area (Å²) in [7, 11) is 1.66. The number of benzene rings is 1. The summed E-state index contributed by atoms with van der Waals surface area (Å²) in [5.74, 6) is 0.823. The smallest absolute Gasteiger partial charge is 0.153 e. The molecule has 24 heavy (non-hydrogen) atoms. The molecule has 1 aromatic carbocycles. The predicted molar refractivity (Wildman–Crippen MR) is 94.5 cm³/mol. The Bertz CT molecular complexity index is 878. The number of carbonyl (C=O) groups is 1. The fourth-order valence-corrected chi connectivity index (χ4v) is 3.42. The van der Waals surface area contributed by atoms with Crippen LogP contribution in [-0.2, 0) is 0 Å². The highest BCUT2D eigenvalue weighted by Crippen LogP contribution is 2.33. The fourth-order valence-electron chi connectivity index (χ4n) is 3.42. The van der Waals surface area contributed by atoms with Crippen molar-refractivity contribution < 1.29 is 9.53 Å². The van der Waals surface area contributed by atoms with E-state index in [0.29, 0.717) is 5.56 Å². The van der Waals surface area contributed by atoms with Crippen LogP contribution in [0.4, 0.5) is 5.69 Å². The molecule has 1 saturated heterocycles. The number of methoxy groups -OCH3 is 1. The summed E-state index contributed by atoms with van der Waals surface area (Å²) in [6.45, 7) is 1.99. The number of rotatable bonds is 4.